The number of rotatable bonds is 8. The Morgan fingerprint density at radius 3 is 2.52 bits per heavy atom. The van der Waals surface area contributed by atoms with E-state index in [0.29, 0.717) is 30.4 Å². The van der Waals surface area contributed by atoms with E-state index in [1.165, 1.54) is 0 Å². The summed E-state index contributed by atoms with van der Waals surface area (Å²) in [5.74, 6) is 1.91. The average Bonchev–Trinajstić information content (AvgIpc) is 3.45. The molecule has 0 saturated heterocycles. The number of benzene rings is 2. The van der Waals surface area contributed by atoms with Crippen molar-refractivity contribution in [3.05, 3.63) is 72.2 Å². The van der Waals surface area contributed by atoms with Crippen molar-refractivity contribution in [1.29, 1.82) is 0 Å². The van der Waals surface area contributed by atoms with E-state index in [1.54, 1.807) is 6.07 Å². The molecule has 0 fully saturated rings. The van der Waals surface area contributed by atoms with Crippen LogP contribution in [0.25, 0.3) is 22.7 Å². The van der Waals surface area contributed by atoms with Crippen molar-refractivity contribution in [2.75, 3.05) is 6.54 Å². The Kier molecular flexibility index (Phi) is 6.07. The molecule has 0 radical (unpaired) electrons. The third-order valence-electron chi connectivity index (χ3n) is 4.38. The van der Waals surface area contributed by atoms with Crippen LogP contribution in [0.1, 0.15) is 30.2 Å². The van der Waals surface area contributed by atoms with Crippen LogP contribution in [-0.4, -0.2) is 33.9 Å². The molecule has 0 atom stereocenters. The van der Waals surface area contributed by atoms with Gasteiger partial charge in [-0.25, -0.2) is 0 Å². The highest BCUT2D eigenvalue weighted by Gasteiger charge is 2.15. The van der Waals surface area contributed by atoms with Gasteiger partial charge < -0.3 is 19.1 Å². The zero-order valence-corrected chi connectivity index (χ0v) is 17.2. The Labute approximate surface area is 179 Å². The molecule has 0 saturated carbocycles. The third-order valence-corrected chi connectivity index (χ3v) is 4.38. The Morgan fingerprint density at radius 1 is 1.00 bits per heavy atom. The Morgan fingerprint density at radius 2 is 1.77 bits per heavy atom. The van der Waals surface area contributed by atoms with Gasteiger partial charge in [0, 0.05) is 30.2 Å². The van der Waals surface area contributed by atoms with Gasteiger partial charge in [0.15, 0.2) is 11.5 Å². The minimum absolute atomic E-state index is 0.100. The minimum Gasteiger partial charge on any atom is -0.491 e. The molecular formula is C23H22N4O4. The normalized spacial score (nSPS) is 10.9. The second-order valence-corrected chi connectivity index (χ2v) is 7.15. The number of hydrogen-bond acceptors (Lipinski definition) is 7. The molecular weight excluding hydrogens is 396 g/mol. The van der Waals surface area contributed by atoms with E-state index in [0.717, 1.165) is 16.9 Å². The third kappa shape index (κ3) is 5.16. The zero-order chi connectivity index (χ0) is 21.6. The summed E-state index contributed by atoms with van der Waals surface area (Å²) in [5.41, 5.74) is 1.88. The summed E-state index contributed by atoms with van der Waals surface area (Å²) in [4.78, 5) is 16.7. The summed E-state index contributed by atoms with van der Waals surface area (Å²) in [6, 6.07) is 18.6. The molecule has 4 aromatic rings. The van der Waals surface area contributed by atoms with Crippen molar-refractivity contribution < 1.29 is 18.6 Å². The Balaban J connectivity index is 1.31. The van der Waals surface area contributed by atoms with E-state index in [2.05, 4.69) is 20.6 Å². The van der Waals surface area contributed by atoms with E-state index in [9.17, 15) is 4.79 Å². The largest absolute Gasteiger partial charge is 0.491 e. The summed E-state index contributed by atoms with van der Waals surface area (Å²) in [6.07, 6.45) is 0.511. The molecule has 0 aliphatic carbocycles. The lowest BCUT2D eigenvalue weighted by Gasteiger charge is -2.09. The highest BCUT2D eigenvalue weighted by molar-refractivity contribution is 5.93. The fourth-order valence-electron chi connectivity index (χ4n) is 2.92. The highest BCUT2D eigenvalue weighted by atomic mass is 16.5. The van der Waals surface area contributed by atoms with E-state index < -0.39 is 0 Å². The van der Waals surface area contributed by atoms with Gasteiger partial charge in [0.1, 0.15) is 5.75 Å². The SMILES string of the molecule is CC(C)Oc1ccc(-c2cc(C(=O)NCCc3nc(-c4ccccc4)no3)no2)cc1. The standard InChI is InChI=1S/C23H22N4O4/c1-15(2)29-18-10-8-16(9-11-18)20-14-19(26-30-20)23(28)24-13-12-21-25-22(27-31-21)17-6-4-3-5-7-17/h3-11,14-15H,12-13H2,1-2H3,(H,24,28). The number of nitrogens with one attached hydrogen (secondary N) is 1. The number of hydrogen-bond donors (Lipinski definition) is 1. The summed E-state index contributed by atoms with van der Waals surface area (Å²) in [6.45, 7) is 4.27. The molecule has 31 heavy (non-hydrogen) atoms. The van der Waals surface area contributed by atoms with Crippen molar-refractivity contribution in [2.45, 2.75) is 26.4 Å². The van der Waals surface area contributed by atoms with Crippen LogP contribution in [0.3, 0.4) is 0 Å². The topological polar surface area (TPSA) is 103 Å². The van der Waals surface area contributed by atoms with E-state index in [1.807, 2.05) is 68.4 Å². The van der Waals surface area contributed by atoms with Crippen LogP contribution >= 0.6 is 0 Å². The maximum absolute atomic E-state index is 12.4. The van der Waals surface area contributed by atoms with Crippen molar-refractivity contribution in [1.82, 2.24) is 20.6 Å². The molecule has 2 aromatic heterocycles. The molecule has 0 aliphatic heterocycles. The predicted molar refractivity (Wildman–Crippen MR) is 113 cm³/mol. The monoisotopic (exact) mass is 418 g/mol. The lowest BCUT2D eigenvalue weighted by molar-refractivity contribution is 0.0944. The van der Waals surface area contributed by atoms with Gasteiger partial charge in [0.25, 0.3) is 5.91 Å². The Hall–Kier alpha value is -3.94. The van der Waals surface area contributed by atoms with E-state index >= 15 is 0 Å². The van der Waals surface area contributed by atoms with Gasteiger partial charge in [0.05, 0.1) is 6.10 Å². The van der Waals surface area contributed by atoms with Crippen LogP contribution in [0, 0.1) is 0 Å². The molecule has 0 spiro atoms. The van der Waals surface area contributed by atoms with Gasteiger partial charge in [-0.05, 0) is 38.1 Å². The first-order chi connectivity index (χ1) is 15.1. The van der Waals surface area contributed by atoms with Crippen LogP contribution in [-0.2, 0) is 6.42 Å². The number of aromatic nitrogens is 3. The van der Waals surface area contributed by atoms with E-state index in [4.69, 9.17) is 13.8 Å². The van der Waals surface area contributed by atoms with Crippen molar-refractivity contribution in [3.63, 3.8) is 0 Å². The Bertz CT molecular complexity index is 1130. The maximum atomic E-state index is 12.4. The second-order valence-electron chi connectivity index (χ2n) is 7.15. The first kappa shape index (κ1) is 20.3. The number of nitrogens with zero attached hydrogens (tertiary/aromatic N) is 3. The van der Waals surface area contributed by atoms with Gasteiger partial charge in [-0.1, -0.05) is 40.6 Å². The smallest absolute Gasteiger partial charge is 0.273 e. The van der Waals surface area contributed by atoms with Crippen LogP contribution in [0.4, 0.5) is 0 Å². The first-order valence-electron chi connectivity index (χ1n) is 9.98. The van der Waals surface area contributed by atoms with Crippen LogP contribution in [0.2, 0.25) is 0 Å². The number of carbonyl (C=O) groups is 1. The first-order valence-corrected chi connectivity index (χ1v) is 9.98. The fraction of sp³-hybridized carbons (Fsp3) is 0.217. The molecule has 8 heteroatoms. The predicted octanol–water partition coefficient (Wildman–Crippen LogP) is 4.15. The zero-order valence-electron chi connectivity index (χ0n) is 17.2. The van der Waals surface area contributed by atoms with Gasteiger partial charge in [-0.3, -0.25) is 4.79 Å². The van der Waals surface area contributed by atoms with Gasteiger partial charge in [-0.2, -0.15) is 4.98 Å². The molecule has 1 amide bonds. The minimum atomic E-state index is -0.336. The average molecular weight is 418 g/mol. The van der Waals surface area contributed by atoms with Crippen LogP contribution in [0.15, 0.2) is 69.7 Å². The molecule has 0 aliphatic rings. The fourth-order valence-corrected chi connectivity index (χ4v) is 2.92. The summed E-state index contributed by atoms with van der Waals surface area (Å²) >= 11 is 0. The van der Waals surface area contributed by atoms with Crippen molar-refractivity contribution in [3.8, 4) is 28.5 Å². The van der Waals surface area contributed by atoms with Gasteiger partial charge >= 0.3 is 0 Å². The number of amides is 1. The molecule has 0 bridgehead atoms. The second kappa shape index (κ2) is 9.25. The number of ether oxygens (including phenoxy) is 1. The molecule has 158 valence electrons. The quantitative estimate of drug-likeness (QED) is 0.458. The molecule has 1 N–H and O–H groups in total. The molecule has 4 rings (SSSR count). The number of carbonyl (C=O) groups excluding carboxylic acids is 1. The van der Waals surface area contributed by atoms with Gasteiger partial charge in [0.2, 0.25) is 11.7 Å². The molecule has 2 heterocycles. The van der Waals surface area contributed by atoms with E-state index in [-0.39, 0.29) is 17.7 Å². The van der Waals surface area contributed by atoms with Crippen molar-refractivity contribution in [2.24, 2.45) is 0 Å². The van der Waals surface area contributed by atoms with Gasteiger partial charge in [-0.15, -0.1) is 0 Å². The lowest BCUT2D eigenvalue weighted by Crippen LogP contribution is -2.26. The highest BCUT2D eigenvalue weighted by Crippen LogP contribution is 2.23. The lowest BCUT2D eigenvalue weighted by atomic mass is 10.1. The van der Waals surface area contributed by atoms with Crippen LogP contribution < -0.4 is 10.1 Å². The molecule has 2 aromatic carbocycles. The molecule has 0 unspecified atom stereocenters. The molecule has 8 nitrogen and oxygen atoms in total. The summed E-state index contributed by atoms with van der Waals surface area (Å²) in [7, 11) is 0. The summed E-state index contributed by atoms with van der Waals surface area (Å²) < 4.78 is 16.2. The van der Waals surface area contributed by atoms with Crippen molar-refractivity contribution >= 4 is 5.91 Å². The van der Waals surface area contributed by atoms with Crippen LogP contribution in [0.5, 0.6) is 5.75 Å². The maximum Gasteiger partial charge on any atom is 0.273 e. The summed E-state index contributed by atoms with van der Waals surface area (Å²) in [5, 5.41) is 10.6.